The molecule has 0 saturated carbocycles. The molecule has 0 bridgehead atoms. The van der Waals surface area contributed by atoms with Gasteiger partial charge in [0.15, 0.2) is 0 Å². The Bertz CT molecular complexity index is 305. The molecule has 2 heteroatoms. The van der Waals surface area contributed by atoms with Crippen LogP contribution in [-0.4, -0.2) is 0 Å². The molecule has 1 aromatic rings. The molecule has 1 rings (SSSR count). The molecule has 4 N–H and O–H groups in total. The van der Waals surface area contributed by atoms with Gasteiger partial charge in [0.2, 0.25) is 0 Å². The summed E-state index contributed by atoms with van der Waals surface area (Å²) in [6, 6.07) is 4.31. The molecule has 1 aromatic carbocycles. The standard InChI is InChI=1S/C12H19N2/c1-3-4-10-5-9(2)6-11(7-13)12(10)8-14/h5-6H,1,3-4,7-8,13-14H2,2H3. The van der Waals surface area contributed by atoms with E-state index in [1.165, 1.54) is 22.3 Å². The summed E-state index contributed by atoms with van der Waals surface area (Å²) in [5.41, 5.74) is 16.4. The molecule has 1 radical (unpaired) electrons. The molecule has 0 aliphatic carbocycles. The molecule has 0 aliphatic rings. The first-order valence-corrected chi connectivity index (χ1v) is 5.03. The predicted octanol–water partition coefficient (Wildman–Crippen LogP) is 1.68. The molecule has 0 fully saturated rings. The SMILES string of the molecule is [CH2]CCc1cc(C)cc(CN)c1CN. The Balaban J connectivity index is 3.17. The molecule has 0 amide bonds. The van der Waals surface area contributed by atoms with Gasteiger partial charge in [-0.05, 0) is 36.5 Å². The van der Waals surface area contributed by atoms with Crippen molar-refractivity contribution in [1.82, 2.24) is 0 Å². The maximum atomic E-state index is 5.73. The molecule has 0 heterocycles. The van der Waals surface area contributed by atoms with Gasteiger partial charge in [-0.3, -0.25) is 0 Å². The summed E-state index contributed by atoms with van der Waals surface area (Å²) >= 11 is 0. The first kappa shape index (κ1) is 11.2. The van der Waals surface area contributed by atoms with Gasteiger partial charge in [0.25, 0.3) is 0 Å². The fraction of sp³-hybridized carbons (Fsp3) is 0.417. The van der Waals surface area contributed by atoms with E-state index in [1.54, 1.807) is 0 Å². The van der Waals surface area contributed by atoms with Crippen molar-refractivity contribution < 1.29 is 0 Å². The minimum Gasteiger partial charge on any atom is -0.326 e. The van der Waals surface area contributed by atoms with Gasteiger partial charge < -0.3 is 11.5 Å². The highest BCUT2D eigenvalue weighted by Gasteiger charge is 2.06. The molecule has 0 aromatic heterocycles. The van der Waals surface area contributed by atoms with Crippen LogP contribution in [0.4, 0.5) is 0 Å². The maximum absolute atomic E-state index is 5.73. The first-order valence-electron chi connectivity index (χ1n) is 5.03. The Kier molecular flexibility index (Phi) is 4.11. The van der Waals surface area contributed by atoms with Crippen molar-refractivity contribution >= 4 is 0 Å². The van der Waals surface area contributed by atoms with E-state index in [-0.39, 0.29) is 0 Å². The normalized spacial score (nSPS) is 10.6. The highest BCUT2D eigenvalue weighted by molar-refractivity contribution is 5.39. The monoisotopic (exact) mass is 191 g/mol. The average molecular weight is 191 g/mol. The van der Waals surface area contributed by atoms with E-state index >= 15 is 0 Å². The number of hydrogen-bond acceptors (Lipinski definition) is 2. The summed E-state index contributed by atoms with van der Waals surface area (Å²) in [6.07, 6.45) is 1.89. The maximum Gasteiger partial charge on any atom is 0.0184 e. The summed E-state index contributed by atoms with van der Waals surface area (Å²) < 4.78 is 0. The molecule has 14 heavy (non-hydrogen) atoms. The van der Waals surface area contributed by atoms with Gasteiger partial charge in [-0.25, -0.2) is 0 Å². The van der Waals surface area contributed by atoms with Gasteiger partial charge in [0, 0.05) is 13.1 Å². The van der Waals surface area contributed by atoms with E-state index in [1.807, 2.05) is 0 Å². The van der Waals surface area contributed by atoms with E-state index in [9.17, 15) is 0 Å². The predicted molar refractivity (Wildman–Crippen MR) is 60.6 cm³/mol. The molecule has 0 aliphatic heterocycles. The molecule has 0 unspecified atom stereocenters. The molecular formula is C12H19N2. The summed E-state index contributed by atoms with van der Waals surface area (Å²) in [5.74, 6) is 0. The molecule has 0 spiro atoms. The van der Waals surface area contributed by atoms with E-state index in [0.717, 1.165) is 12.8 Å². The second kappa shape index (κ2) is 5.13. The van der Waals surface area contributed by atoms with Crippen molar-refractivity contribution in [2.24, 2.45) is 11.5 Å². The van der Waals surface area contributed by atoms with Crippen LogP contribution in [0.3, 0.4) is 0 Å². The third kappa shape index (κ3) is 2.34. The van der Waals surface area contributed by atoms with Crippen LogP contribution in [0.25, 0.3) is 0 Å². The lowest BCUT2D eigenvalue weighted by Gasteiger charge is -2.13. The average Bonchev–Trinajstić information content (AvgIpc) is 2.17. The fourth-order valence-electron chi connectivity index (χ4n) is 1.83. The van der Waals surface area contributed by atoms with E-state index in [4.69, 9.17) is 11.5 Å². The van der Waals surface area contributed by atoms with E-state index in [0.29, 0.717) is 13.1 Å². The first-order chi connectivity index (χ1) is 6.72. The minimum absolute atomic E-state index is 0.568. The highest BCUT2D eigenvalue weighted by atomic mass is 14.6. The van der Waals surface area contributed by atoms with Crippen LogP contribution in [0.15, 0.2) is 12.1 Å². The summed E-state index contributed by atoms with van der Waals surface area (Å²) in [6.45, 7) is 7.10. The minimum atomic E-state index is 0.568. The highest BCUT2D eigenvalue weighted by Crippen LogP contribution is 2.18. The van der Waals surface area contributed by atoms with Crippen LogP contribution in [0, 0.1) is 13.8 Å². The van der Waals surface area contributed by atoms with Crippen molar-refractivity contribution in [2.45, 2.75) is 32.9 Å². The van der Waals surface area contributed by atoms with Gasteiger partial charge in [-0.1, -0.05) is 24.6 Å². The van der Waals surface area contributed by atoms with Gasteiger partial charge in [-0.15, -0.1) is 0 Å². The van der Waals surface area contributed by atoms with Crippen LogP contribution < -0.4 is 11.5 Å². The topological polar surface area (TPSA) is 52.0 Å². The number of nitrogens with two attached hydrogens (primary N) is 2. The Morgan fingerprint density at radius 3 is 2.29 bits per heavy atom. The van der Waals surface area contributed by atoms with E-state index < -0.39 is 0 Å². The molecule has 0 atom stereocenters. The van der Waals surface area contributed by atoms with Crippen molar-refractivity contribution in [3.05, 3.63) is 41.3 Å². The summed E-state index contributed by atoms with van der Waals surface area (Å²) in [7, 11) is 0. The van der Waals surface area contributed by atoms with Crippen LogP contribution >= 0.6 is 0 Å². The third-order valence-electron chi connectivity index (χ3n) is 2.45. The number of benzene rings is 1. The molecular weight excluding hydrogens is 172 g/mol. The van der Waals surface area contributed by atoms with Gasteiger partial charge >= 0.3 is 0 Å². The van der Waals surface area contributed by atoms with Crippen LogP contribution in [0.5, 0.6) is 0 Å². The van der Waals surface area contributed by atoms with Crippen LogP contribution in [0.2, 0.25) is 0 Å². The van der Waals surface area contributed by atoms with Crippen molar-refractivity contribution in [3.8, 4) is 0 Å². The van der Waals surface area contributed by atoms with Crippen molar-refractivity contribution in [2.75, 3.05) is 0 Å². The lowest BCUT2D eigenvalue weighted by Crippen LogP contribution is -2.10. The van der Waals surface area contributed by atoms with Crippen LogP contribution in [-0.2, 0) is 19.5 Å². The number of hydrogen-bond donors (Lipinski definition) is 2. The Labute approximate surface area is 86.3 Å². The smallest absolute Gasteiger partial charge is 0.0184 e. The Hall–Kier alpha value is -0.860. The van der Waals surface area contributed by atoms with Crippen LogP contribution in [0.1, 0.15) is 28.7 Å². The quantitative estimate of drug-likeness (QED) is 0.760. The van der Waals surface area contributed by atoms with Gasteiger partial charge in [-0.2, -0.15) is 0 Å². The molecule has 0 saturated heterocycles. The lowest BCUT2D eigenvalue weighted by molar-refractivity contribution is 0.906. The second-order valence-corrected chi connectivity index (χ2v) is 3.57. The van der Waals surface area contributed by atoms with Gasteiger partial charge in [0.05, 0.1) is 0 Å². The van der Waals surface area contributed by atoms with E-state index in [2.05, 4.69) is 26.0 Å². The number of aryl methyl sites for hydroxylation is 2. The fourth-order valence-corrected chi connectivity index (χ4v) is 1.83. The summed E-state index contributed by atoms with van der Waals surface area (Å²) in [4.78, 5) is 0. The second-order valence-electron chi connectivity index (χ2n) is 3.57. The largest absolute Gasteiger partial charge is 0.326 e. The third-order valence-corrected chi connectivity index (χ3v) is 2.45. The lowest BCUT2D eigenvalue weighted by atomic mass is 9.95. The Morgan fingerprint density at radius 2 is 1.79 bits per heavy atom. The zero-order valence-corrected chi connectivity index (χ0v) is 8.84. The zero-order valence-electron chi connectivity index (χ0n) is 8.84. The van der Waals surface area contributed by atoms with Crippen molar-refractivity contribution in [1.29, 1.82) is 0 Å². The molecule has 77 valence electrons. The van der Waals surface area contributed by atoms with Gasteiger partial charge in [0.1, 0.15) is 0 Å². The number of rotatable bonds is 4. The molecule has 2 nitrogen and oxygen atoms in total. The zero-order chi connectivity index (χ0) is 10.6. The summed E-state index contributed by atoms with van der Waals surface area (Å²) in [5, 5.41) is 0. The Morgan fingerprint density at radius 1 is 1.14 bits per heavy atom. The van der Waals surface area contributed by atoms with Crippen molar-refractivity contribution in [3.63, 3.8) is 0 Å².